The van der Waals surface area contributed by atoms with Gasteiger partial charge in [-0.2, -0.15) is 0 Å². The molecule has 0 spiro atoms. The standard InChI is InChI=1S/C16H28N4O/c1-11(2)14-18-15(17-4)12(3)16(19-14)20-8-5-6-13(10-20)7-9-21/h11,13,21H,5-10H2,1-4H3,(H,17,18,19). The summed E-state index contributed by atoms with van der Waals surface area (Å²) in [6, 6.07) is 0. The third-order valence-corrected chi connectivity index (χ3v) is 4.25. The van der Waals surface area contributed by atoms with Gasteiger partial charge < -0.3 is 15.3 Å². The van der Waals surface area contributed by atoms with Gasteiger partial charge in [-0.3, -0.25) is 0 Å². The van der Waals surface area contributed by atoms with E-state index in [0.717, 1.165) is 42.5 Å². The van der Waals surface area contributed by atoms with Crippen molar-refractivity contribution in [3.63, 3.8) is 0 Å². The predicted octanol–water partition coefficient (Wildman–Crippen LogP) is 2.55. The number of rotatable bonds is 5. The van der Waals surface area contributed by atoms with Gasteiger partial charge in [-0.05, 0) is 32.1 Å². The zero-order valence-corrected chi connectivity index (χ0v) is 13.7. The Kier molecular flexibility index (Phi) is 5.39. The van der Waals surface area contributed by atoms with E-state index in [0.29, 0.717) is 11.8 Å². The molecule has 0 aromatic carbocycles. The molecule has 1 saturated heterocycles. The number of aromatic nitrogens is 2. The average Bonchev–Trinajstić information content (AvgIpc) is 2.48. The van der Waals surface area contributed by atoms with Crippen molar-refractivity contribution in [1.29, 1.82) is 0 Å². The maximum Gasteiger partial charge on any atom is 0.137 e. The minimum Gasteiger partial charge on any atom is -0.396 e. The van der Waals surface area contributed by atoms with Gasteiger partial charge >= 0.3 is 0 Å². The molecule has 2 N–H and O–H groups in total. The first-order valence-corrected chi connectivity index (χ1v) is 7.98. The Hall–Kier alpha value is -1.36. The van der Waals surface area contributed by atoms with E-state index in [1.807, 2.05) is 7.05 Å². The van der Waals surface area contributed by atoms with E-state index in [9.17, 15) is 5.11 Å². The molecule has 118 valence electrons. The van der Waals surface area contributed by atoms with Crippen molar-refractivity contribution in [2.45, 2.75) is 46.0 Å². The first-order valence-electron chi connectivity index (χ1n) is 7.98. The second-order valence-electron chi connectivity index (χ2n) is 6.25. The summed E-state index contributed by atoms with van der Waals surface area (Å²) in [5, 5.41) is 12.4. The maximum absolute atomic E-state index is 9.17. The summed E-state index contributed by atoms with van der Waals surface area (Å²) in [7, 11) is 1.91. The molecule has 5 nitrogen and oxygen atoms in total. The molecule has 1 unspecified atom stereocenters. The number of nitrogens with zero attached hydrogens (tertiary/aromatic N) is 3. The van der Waals surface area contributed by atoms with E-state index >= 15 is 0 Å². The van der Waals surface area contributed by atoms with Crippen LogP contribution in [0.15, 0.2) is 0 Å². The molecule has 0 bridgehead atoms. The average molecular weight is 292 g/mol. The number of nitrogens with one attached hydrogen (secondary N) is 1. The van der Waals surface area contributed by atoms with Crippen LogP contribution in [0, 0.1) is 12.8 Å². The van der Waals surface area contributed by atoms with Crippen molar-refractivity contribution in [3.8, 4) is 0 Å². The van der Waals surface area contributed by atoms with Crippen molar-refractivity contribution in [3.05, 3.63) is 11.4 Å². The fraction of sp³-hybridized carbons (Fsp3) is 0.750. The molecule has 1 aliphatic rings. The van der Waals surface area contributed by atoms with Crippen molar-refractivity contribution < 1.29 is 5.11 Å². The SMILES string of the molecule is CNc1nc(C(C)C)nc(N2CCCC(CCO)C2)c1C. The highest BCUT2D eigenvalue weighted by molar-refractivity contribution is 5.58. The fourth-order valence-corrected chi connectivity index (χ4v) is 3.01. The monoisotopic (exact) mass is 292 g/mol. The molecule has 2 rings (SSSR count). The van der Waals surface area contributed by atoms with E-state index in [4.69, 9.17) is 4.98 Å². The summed E-state index contributed by atoms with van der Waals surface area (Å²) in [6.45, 7) is 8.64. The molecule has 1 atom stereocenters. The summed E-state index contributed by atoms with van der Waals surface area (Å²) < 4.78 is 0. The Morgan fingerprint density at radius 2 is 2.14 bits per heavy atom. The Balaban J connectivity index is 2.30. The van der Waals surface area contributed by atoms with Gasteiger partial charge in [-0.1, -0.05) is 13.8 Å². The van der Waals surface area contributed by atoms with Crippen LogP contribution < -0.4 is 10.2 Å². The molecule has 2 heterocycles. The highest BCUT2D eigenvalue weighted by Gasteiger charge is 2.24. The van der Waals surface area contributed by atoms with Crippen LogP contribution in [0.3, 0.4) is 0 Å². The molecule has 1 aliphatic heterocycles. The second kappa shape index (κ2) is 7.07. The molecule has 0 aliphatic carbocycles. The lowest BCUT2D eigenvalue weighted by Gasteiger charge is -2.34. The summed E-state index contributed by atoms with van der Waals surface area (Å²) in [5.41, 5.74) is 1.12. The predicted molar refractivity (Wildman–Crippen MR) is 87.0 cm³/mol. The molecular weight excluding hydrogens is 264 g/mol. The number of piperidine rings is 1. The summed E-state index contributed by atoms with van der Waals surface area (Å²) in [6.07, 6.45) is 3.26. The molecule has 1 aromatic heterocycles. The Morgan fingerprint density at radius 3 is 2.76 bits per heavy atom. The highest BCUT2D eigenvalue weighted by Crippen LogP contribution is 2.30. The van der Waals surface area contributed by atoms with Crippen LogP contribution in [0.4, 0.5) is 11.6 Å². The van der Waals surface area contributed by atoms with E-state index < -0.39 is 0 Å². The van der Waals surface area contributed by atoms with Crippen LogP contribution in [-0.4, -0.2) is 41.8 Å². The van der Waals surface area contributed by atoms with Crippen molar-refractivity contribution in [2.24, 2.45) is 5.92 Å². The minimum atomic E-state index is 0.278. The van der Waals surface area contributed by atoms with Crippen LogP contribution in [-0.2, 0) is 0 Å². The fourth-order valence-electron chi connectivity index (χ4n) is 3.01. The Morgan fingerprint density at radius 1 is 1.38 bits per heavy atom. The van der Waals surface area contributed by atoms with Gasteiger partial charge in [-0.15, -0.1) is 0 Å². The van der Waals surface area contributed by atoms with Gasteiger partial charge in [0, 0.05) is 38.2 Å². The second-order valence-corrected chi connectivity index (χ2v) is 6.25. The quantitative estimate of drug-likeness (QED) is 0.873. The molecule has 0 amide bonds. The highest BCUT2D eigenvalue weighted by atomic mass is 16.3. The number of hydrogen-bond donors (Lipinski definition) is 2. The molecule has 21 heavy (non-hydrogen) atoms. The zero-order valence-electron chi connectivity index (χ0n) is 13.7. The smallest absolute Gasteiger partial charge is 0.137 e. The summed E-state index contributed by atoms with van der Waals surface area (Å²) in [4.78, 5) is 11.8. The number of anilines is 2. The Labute approximate surface area is 127 Å². The number of aliphatic hydroxyl groups excluding tert-OH is 1. The molecular formula is C16H28N4O. The topological polar surface area (TPSA) is 61.3 Å². The normalized spacial score (nSPS) is 19.1. The molecule has 5 heteroatoms. The maximum atomic E-state index is 9.17. The number of aliphatic hydroxyl groups is 1. The third kappa shape index (κ3) is 3.64. The Bertz CT molecular complexity index is 474. The molecule has 0 radical (unpaired) electrons. The summed E-state index contributed by atoms with van der Waals surface area (Å²) >= 11 is 0. The van der Waals surface area contributed by atoms with Gasteiger partial charge in [0.25, 0.3) is 0 Å². The molecule has 1 fully saturated rings. The first-order chi connectivity index (χ1) is 10.1. The zero-order chi connectivity index (χ0) is 15.4. The van der Waals surface area contributed by atoms with Gasteiger partial charge in [0.2, 0.25) is 0 Å². The largest absolute Gasteiger partial charge is 0.396 e. The van der Waals surface area contributed by atoms with Gasteiger partial charge in [0.15, 0.2) is 0 Å². The lowest BCUT2D eigenvalue weighted by atomic mass is 9.95. The van der Waals surface area contributed by atoms with Crippen molar-refractivity contribution >= 4 is 11.6 Å². The van der Waals surface area contributed by atoms with Crippen molar-refractivity contribution in [1.82, 2.24) is 9.97 Å². The van der Waals surface area contributed by atoms with Gasteiger partial charge in [0.1, 0.15) is 17.5 Å². The van der Waals surface area contributed by atoms with Gasteiger partial charge in [0.05, 0.1) is 0 Å². The van der Waals surface area contributed by atoms with Crippen LogP contribution >= 0.6 is 0 Å². The van der Waals surface area contributed by atoms with Crippen molar-refractivity contribution in [2.75, 3.05) is 37.0 Å². The minimum absolute atomic E-state index is 0.278. The van der Waals surface area contributed by atoms with E-state index in [1.165, 1.54) is 12.8 Å². The van der Waals surface area contributed by atoms with Crippen LogP contribution in [0.25, 0.3) is 0 Å². The van der Waals surface area contributed by atoms with E-state index in [2.05, 4.69) is 36.0 Å². The molecule has 0 saturated carbocycles. The first kappa shape index (κ1) is 16.0. The third-order valence-electron chi connectivity index (χ3n) is 4.25. The lowest BCUT2D eigenvalue weighted by molar-refractivity contribution is 0.244. The van der Waals surface area contributed by atoms with E-state index in [1.54, 1.807) is 0 Å². The van der Waals surface area contributed by atoms with Crippen LogP contribution in [0.2, 0.25) is 0 Å². The lowest BCUT2D eigenvalue weighted by Crippen LogP contribution is -2.37. The molecule has 1 aromatic rings. The van der Waals surface area contributed by atoms with Crippen LogP contribution in [0.1, 0.15) is 50.4 Å². The number of hydrogen-bond acceptors (Lipinski definition) is 5. The van der Waals surface area contributed by atoms with Crippen LogP contribution in [0.5, 0.6) is 0 Å². The van der Waals surface area contributed by atoms with Gasteiger partial charge in [-0.25, -0.2) is 9.97 Å². The van der Waals surface area contributed by atoms with E-state index in [-0.39, 0.29) is 6.61 Å². The summed E-state index contributed by atoms with van der Waals surface area (Å²) in [5.74, 6) is 3.76.